The van der Waals surface area contributed by atoms with E-state index in [1.54, 1.807) is 0 Å². The van der Waals surface area contributed by atoms with Crippen molar-refractivity contribution in [2.45, 2.75) is 12.3 Å². The summed E-state index contributed by atoms with van der Waals surface area (Å²) in [6.45, 7) is 0. The Bertz CT molecular complexity index is 839. The van der Waals surface area contributed by atoms with Crippen LogP contribution in [0.2, 0.25) is 0 Å². The first-order valence-electron chi connectivity index (χ1n) is 8.07. The molecule has 0 saturated carbocycles. The third kappa shape index (κ3) is 6.40. The predicted octanol–water partition coefficient (Wildman–Crippen LogP) is 4.08. The predicted molar refractivity (Wildman–Crippen MR) is 104 cm³/mol. The molecule has 9 heteroatoms. The van der Waals surface area contributed by atoms with Gasteiger partial charge in [0.2, 0.25) is 0 Å². The number of urea groups is 1. The van der Waals surface area contributed by atoms with Crippen molar-refractivity contribution in [1.29, 1.82) is 0 Å². The number of benzene rings is 2. The number of anilines is 1. The molecule has 2 aromatic rings. The second kappa shape index (κ2) is 9.92. The highest BCUT2D eigenvalue weighted by molar-refractivity contribution is 7.99. The van der Waals surface area contributed by atoms with Gasteiger partial charge in [-0.15, -0.1) is 31.4 Å². The average molecular weight is 409 g/mol. The minimum atomic E-state index is -4.83. The molecule has 5 nitrogen and oxygen atoms in total. The van der Waals surface area contributed by atoms with Crippen LogP contribution in [0.15, 0.2) is 48.5 Å². The van der Waals surface area contributed by atoms with Crippen LogP contribution in [0.3, 0.4) is 0 Å². The molecule has 1 unspecified atom stereocenters. The van der Waals surface area contributed by atoms with E-state index in [2.05, 4.69) is 16.0 Å². The van der Waals surface area contributed by atoms with Gasteiger partial charge in [-0.3, -0.25) is 5.43 Å². The smallest absolute Gasteiger partial charge is 0.406 e. The highest BCUT2D eigenvalue weighted by Crippen LogP contribution is 2.37. The van der Waals surface area contributed by atoms with Crippen molar-refractivity contribution < 1.29 is 22.7 Å². The zero-order valence-electron chi connectivity index (χ0n) is 14.6. The lowest BCUT2D eigenvalue weighted by atomic mass is 9.91. The van der Waals surface area contributed by atoms with Gasteiger partial charge in [-0.05, 0) is 29.3 Å². The fourth-order valence-corrected chi connectivity index (χ4v) is 3.43. The lowest BCUT2D eigenvalue weighted by Gasteiger charge is -2.22. The third-order valence-corrected chi connectivity index (χ3v) is 4.62. The summed E-state index contributed by atoms with van der Waals surface area (Å²) in [5.41, 5.74) is 3.54. The van der Waals surface area contributed by atoms with Crippen molar-refractivity contribution in [3.05, 3.63) is 59.7 Å². The second-order valence-corrected chi connectivity index (χ2v) is 6.61. The number of carbonyl (C=O) groups excluding carboxylic acids is 1. The Morgan fingerprint density at radius 3 is 2.57 bits per heavy atom. The summed E-state index contributed by atoms with van der Waals surface area (Å²) >= 11 is 1.45. The zero-order chi connectivity index (χ0) is 20.6. The highest BCUT2D eigenvalue weighted by Gasteiger charge is 2.32. The number of amides is 2. The lowest BCUT2D eigenvalue weighted by molar-refractivity contribution is -0.274. The first-order chi connectivity index (χ1) is 13.3. The van der Waals surface area contributed by atoms with E-state index in [-0.39, 0.29) is 11.7 Å². The summed E-state index contributed by atoms with van der Waals surface area (Å²) < 4.78 is 42.0. The molecule has 0 aromatic heterocycles. The molecule has 4 N–H and O–H groups in total. The van der Waals surface area contributed by atoms with Crippen LogP contribution in [-0.4, -0.2) is 23.9 Å². The van der Waals surface area contributed by atoms with Gasteiger partial charge in [0, 0.05) is 17.4 Å². The second-order valence-electron chi connectivity index (χ2n) is 5.58. The number of nitrogens with two attached hydrogens (primary N) is 1. The van der Waals surface area contributed by atoms with Crippen molar-refractivity contribution in [1.82, 2.24) is 5.43 Å². The molecule has 0 bridgehead atoms. The first-order valence-corrected chi connectivity index (χ1v) is 9.23. The van der Waals surface area contributed by atoms with Crippen LogP contribution in [0.25, 0.3) is 0 Å². The number of nitrogens with one attached hydrogen (secondary N) is 2. The third-order valence-electron chi connectivity index (χ3n) is 3.68. The number of carbonyl (C=O) groups is 1. The summed E-state index contributed by atoms with van der Waals surface area (Å²) in [7, 11) is 0. The number of terminal acetylenes is 1. The average Bonchev–Trinajstić information content (AvgIpc) is 2.66. The molecule has 1 atom stereocenters. The van der Waals surface area contributed by atoms with E-state index in [0.29, 0.717) is 22.8 Å². The largest absolute Gasteiger partial charge is 0.573 e. The summed E-state index contributed by atoms with van der Waals surface area (Å²) in [6.07, 6.45) is 0.472. The van der Waals surface area contributed by atoms with E-state index in [9.17, 15) is 18.0 Å². The number of hydrogen-bond donors (Lipinski definition) is 3. The lowest BCUT2D eigenvalue weighted by Crippen LogP contribution is -2.34. The fourth-order valence-electron chi connectivity index (χ4n) is 2.59. The Morgan fingerprint density at radius 1 is 1.25 bits per heavy atom. The van der Waals surface area contributed by atoms with Crippen molar-refractivity contribution >= 4 is 23.5 Å². The number of alkyl halides is 3. The van der Waals surface area contributed by atoms with Gasteiger partial charge >= 0.3 is 12.4 Å². The Balaban J connectivity index is 2.50. The summed E-state index contributed by atoms with van der Waals surface area (Å²) in [5, 5.41) is 2.53. The monoisotopic (exact) mass is 409 g/mol. The molecule has 0 fully saturated rings. The van der Waals surface area contributed by atoms with Gasteiger partial charge in [0.25, 0.3) is 0 Å². The van der Waals surface area contributed by atoms with E-state index >= 15 is 0 Å². The van der Waals surface area contributed by atoms with E-state index < -0.39 is 12.4 Å². The van der Waals surface area contributed by atoms with Crippen LogP contribution >= 0.6 is 11.8 Å². The quantitative estimate of drug-likeness (QED) is 0.212. The van der Waals surface area contributed by atoms with Crippen LogP contribution in [0.1, 0.15) is 17.0 Å². The maximum absolute atomic E-state index is 12.7. The highest BCUT2D eigenvalue weighted by atomic mass is 32.2. The molecule has 0 heterocycles. The Hall–Kier alpha value is -2.83. The molecule has 0 spiro atoms. The van der Waals surface area contributed by atoms with Gasteiger partial charge in [-0.25, -0.2) is 10.6 Å². The van der Waals surface area contributed by atoms with E-state index in [4.69, 9.17) is 12.3 Å². The Kier molecular flexibility index (Phi) is 7.61. The minimum Gasteiger partial charge on any atom is -0.406 e. The molecule has 148 valence electrons. The van der Waals surface area contributed by atoms with E-state index in [1.165, 1.54) is 23.9 Å². The maximum Gasteiger partial charge on any atom is 0.573 e. The number of halogens is 3. The van der Waals surface area contributed by atoms with Gasteiger partial charge in [-0.2, -0.15) is 0 Å². The molecule has 2 aromatic carbocycles. The summed E-state index contributed by atoms with van der Waals surface area (Å²) in [5.74, 6) is 7.82. The molecular weight excluding hydrogens is 391 g/mol. The van der Waals surface area contributed by atoms with Crippen LogP contribution in [0.4, 0.5) is 23.7 Å². The van der Waals surface area contributed by atoms with Crippen molar-refractivity contribution in [3.63, 3.8) is 0 Å². The summed E-state index contributed by atoms with van der Waals surface area (Å²) in [6, 6.07) is 12.2. The molecule has 0 aliphatic carbocycles. The van der Waals surface area contributed by atoms with E-state index in [0.717, 1.165) is 11.6 Å². The molecule has 2 rings (SSSR count). The first kappa shape index (κ1) is 21.5. The van der Waals surface area contributed by atoms with Crippen LogP contribution in [0.5, 0.6) is 5.75 Å². The van der Waals surface area contributed by atoms with Gasteiger partial charge < -0.3 is 10.1 Å². The minimum absolute atomic E-state index is 0.313. The molecule has 0 aliphatic heterocycles. The van der Waals surface area contributed by atoms with Crippen molar-refractivity contribution in [2.24, 2.45) is 5.84 Å². The topological polar surface area (TPSA) is 76.4 Å². The number of ether oxygens (including phenoxy) is 1. The number of rotatable bonds is 7. The normalized spacial score (nSPS) is 12.0. The zero-order valence-corrected chi connectivity index (χ0v) is 15.4. The number of hydrogen-bond acceptors (Lipinski definition) is 4. The summed E-state index contributed by atoms with van der Waals surface area (Å²) in [4.78, 5) is 11.7. The maximum atomic E-state index is 12.7. The molecular formula is C19H18F3N3O2S. The SMILES string of the molecule is C#CCSCC(c1ccccc1)c1cc(OC(F)(F)F)ccc1NC(=O)NN. The van der Waals surface area contributed by atoms with Crippen LogP contribution < -0.4 is 21.3 Å². The van der Waals surface area contributed by atoms with Crippen molar-refractivity contribution in [2.75, 3.05) is 16.8 Å². The number of hydrazine groups is 1. The molecule has 28 heavy (non-hydrogen) atoms. The fraction of sp³-hybridized carbons (Fsp3) is 0.211. The standard InChI is InChI=1S/C19H18F3N3O2S/c1-2-10-28-12-16(13-6-4-3-5-7-13)15-11-14(27-19(20,21)22)8-9-17(15)24-18(26)25-23/h1,3-9,11,16H,10,12,23H2,(H2,24,25,26). The van der Waals surface area contributed by atoms with E-state index in [1.807, 2.05) is 35.8 Å². The van der Waals surface area contributed by atoms with Crippen LogP contribution in [0, 0.1) is 12.3 Å². The van der Waals surface area contributed by atoms with Gasteiger partial charge in [0.05, 0.1) is 5.75 Å². The number of thioether (sulfide) groups is 1. The molecule has 0 radical (unpaired) electrons. The van der Waals surface area contributed by atoms with Crippen molar-refractivity contribution in [3.8, 4) is 18.1 Å². The van der Waals surface area contributed by atoms with Gasteiger partial charge in [0.15, 0.2) is 0 Å². The molecule has 2 amide bonds. The van der Waals surface area contributed by atoms with Gasteiger partial charge in [-0.1, -0.05) is 36.3 Å². The van der Waals surface area contributed by atoms with Crippen LogP contribution in [-0.2, 0) is 0 Å². The molecule has 0 saturated heterocycles. The Labute approximate surface area is 164 Å². The Morgan fingerprint density at radius 2 is 1.96 bits per heavy atom. The molecule has 0 aliphatic rings. The van der Waals surface area contributed by atoms with Gasteiger partial charge in [0.1, 0.15) is 5.75 Å².